The van der Waals surface area contributed by atoms with Crippen molar-refractivity contribution in [2.45, 2.75) is 19.0 Å². The molecule has 0 aliphatic carbocycles. The highest BCUT2D eigenvalue weighted by Gasteiger charge is 2.18. The molecular formula is C17H28Cl2N4O. The fourth-order valence-corrected chi connectivity index (χ4v) is 3.07. The van der Waals surface area contributed by atoms with Crippen molar-refractivity contribution in [1.82, 2.24) is 20.4 Å². The van der Waals surface area contributed by atoms with Gasteiger partial charge < -0.3 is 15.5 Å². The molecule has 1 atom stereocenters. The maximum Gasteiger partial charge on any atom is 0.251 e. The molecule has 2 saturated heterocycles. The van der Waals surface area contributed by atoms with Crippen LogP contribution in [0.1, 0.15) is 22.3 Å². The number of benzene rings is 1. The number of nitrogens with zero attached hydrogens (tertiary/aromatic N) is 2. The lowest BCUT2D eigenvalue weighted by molar-refractivity contribution is 0.0940. The average Bonchev–Trinajstić information content (AvgIpc) is 3.03. The summed E-state index contributed by atoms with van der Waals surface area (Å²) in [6.45, 7) is 7.36. The van der Waals surface area contributed by atoms with Crippen molar-refractivity contribution in [2.75, 3.05) is 46.3 Å². The predicted molar refractivity (Wildman–Crippen MR) is 102 cm³/mol. The Morgan fingerprint density at radius 2 is 1.83 bits per heavy atom. The van der Waals surface area contributed by atoms with Gasteiger partial charge in [-0.2, -0.15) is 0 Å². The van der Waals surface area contributed by atoms with Crippen molar-refractivity contribution in [3.8, 4) is 0 Å². The quantitative estimate of drug-likeness (QED) is 0.835. The number of amides is 1. The summed E-state index contributed by atoms with van der Waals surface area (Å²) in [7, 11) is 2.17. The number of nitrogens with one attached hydrogen (secondary N) is 2. The van der Waals surface area contributed by atoms with E-state index in [-0.39, 0.29) is 36.8 Å². The van der Waals surface area contributed by atoms with Gasteiger partial charge in [0.2, 0.25) is 0 Å². The number of halogens is 2. The molecule has 1 aromatic rings. The summed E-state index contributed by atoms with van der Waals surface area (Å²) in [4.78, 5) is 17.0. The Kier molecular flexibility index (Phi) is 9.02. The molecule has 0 spiro atoms. The molecular weight excluding hydrogens is 347 g/mol. The second-order valence-electron chi connectivity index (χ2n) is 6.44. The zero-order chi connectivity index (χ0) is 15.4. The van der Waals surface area contributed by atoms with Crippen LogP contribution in [0.25, 0.3) is 0 Å². The van der Waals surface area contributed by atoms with Crippen molar-refractivity contribution in [3.05, 3.63) is 35.4 Å². The van der Waals surface area contributed by atoms with Crippen LogP contribution in [0.5, 0.6) is 0 Å². The van der Waals surface area contributed by atoms with Crippen molar-refractivity contribution in [1.29, 1.82) is 0 Å². The van der Waals surface area contributed by atoms with Crippen molar-refractivity contribution in [2.24, 2.45) is 0 Å². The van der Waals surface area contributed by atoms with E-state index in [1.54, 1.807) is 0 Å². The number of rotatable bonds is 4. The highest BCUT2D eigenvalue weighted by atomic mass is 35.5. The van der Waals surface area contributed by atoms with Crippen LogP contribution in [0.3, 0.4) is 0 Å². The van der Waals surface area contributed by atoms with E-state index >= 15 is 0 Å². The Bertz CT molecular complexity index is 498. The highest BCUT2D eigenvalue weighted by molar-refractivity contribution is 5.94. The molecule has 1 unspecified atom stereocenters. The number of hydrogen-bond donors (Lipinski definition) is 2. The van der Waals surface area contributed by atoms with Gasteiger partial charge in [-0.05, 0) is 37.7 Å². The van der Waals surface area contributed by atoms with Gasteiger partial charge in [0.25, 0.3) is 5.91 Å². The van der Waals surface area contributed by atoms with E-state index < -0.39 is 0 Å². The van der Waals surface area contributed by atoms with Crippen LogP contribution in [-0.4, -0.2) is 68.1 Å². The van der Waals surface area contributed by atoms with Gasteiger partial charge in [-0.3, -0.25) is 9.69 Å². The topological polar surface area (TPSA) is 47.6 Å². The number of carbonyl (C=O) groups excluding carboxylic acids is 1. The molecule has 0 bridgehead atoms. The van der Waals surface area contributed by atoms with E-state index in [0.717, 1.165) is 57.8 Å². The van der Waals surface area contributed by atoms with Gasteiger partial charge in [0.15, 0.2) is 0 Å². The van der Waals surface area contributed by atoms with E-state index in [1.807, 2.05) is 12.1 Å². The van der Waals surface area contributed by atoms with Crippen LogP contribution in [0.15, 0.2) is 24.3 Å². The second-order valence-corrected chi connectivity index (χ2v) is 6.44. The molecule has 3 rings (SSSR count). The molecule has 2 aliphatic rings. The van der Waals surface area contributed by atoms with Gasteiger partial charge >= 0.3 is 0 Å². The van der Waals surface area contributed by atoms with Crippen LogP contribution < -0.4 is 10.6 Å². The summed E-state index contributed by atoms with van der Waals surface area (Å²) in [6.07, 6.45) is 1.02. The zero-order valence-corrected chi connectivity index (χ0v) is 15.8. The van der Waals surface area contributed by atoms with Crippen molar-refractivity contribution < 1.29 is 4.79 Å². The molecule has 5 nitrogen and oxygen atoms in total. The minimum absolute atomic E-state index is 0. The third-order valence-electron chi connectivity index (χ3n) is 4.61. The van der Waals surface area contributed by atoms with Crippen LogP contribution in [-0.2, 0) is 6.54 Å². The SMILES string of the molecule is CN1CCN(Cc2ccc(C(=O)NC3CCNC3)cc2)CC1.Cl.Cl. The molecule has 1 amide bonds. The van der Waals surface area contributed by atoms with Crippen LogP contribution >= 0.6 is 24.8 Å². The van der Waals surface area contributed by atoms with Crippen LogP contribution in [0.4, 0.5) is 0 Å². The van der Waals surface area contributed by atoms with Gasteiger partial charge in [0, 0.05) is 50.9 Å². The Morgan fingerprint density at radius 3 is 2.42 bits per heavy atom. The van der Waals surface area contributed by atoms with E-state index in [4.69, 9.17) is 0 Å². The summed E-state index contributed by atoms with van der Waals surface area (Å²) < 4.78 is 0. The van der Waals surface area contributed by atoms with E-state index in [2.05, 4.69) is 39.6 Å². The van der Waals surface area contributed by atoms with Gasteiger partial charge in [0.1, 0.15) is 0 Å². The summed E-state index contributed by atoms with van der Waals surface area (Å²) in [5.41, 5.74) is 2.04. The van der Waals surface area contributed by atoms with Gasteiger partial charge in [-0.25, -0.2) is 0 Å². The molecule has 2 fully saturated rings. The lowest BCUT2D eigenvalue weighted by atomic mass is 10.1. The number of carbonyl (C=O) groups is 1. The molecule has 2 N–H and O–H groups in total. The predicted octanol–water partition coefficient (Wildman–Crippen LogP) is 1.37. The normalized spacial score (nSPS) is 21.6. The first-order valence-corrected chi connectivity index (χ1v) is 8.22. The summed E-state index contributed by atoms with van der Waals surface area (Å²) in [6, 6.07) is 8.34. The lowest BCUT2D eigenvalue weighted by Crippen LogP contribution is -2.43. The Morgan fingerprint density at radius 1 is 1.17 bits per heavy atom. The molecule has 136 valence electrons. The first kappa shape index (κ1) is 21.2. The Labute approximate surface area is 157 Å². The third-order valence-corrected chi connectivity index (χ3v) is 4.61. The number of hydrogen-bond acceptors (Lipinski definition) is 4. The van der Waals surface area contributed by atoms with Crippen molar-refractivity contribution >= 4 is 30.7 Å². The lowest BCUT2D eigenvalue weighted by Gasteiger charge is -2.32. The molecule has 0 aromatic heterocycles. The molecule has 1 aromatic carbocycles. The molecule has 7 heteroatoms. The number of piperazine rings is 1. The first-order chi connectivity index (χ1) is 10.7. The summed E-state index contributed by atoms with van der Waals surface area (Å²) >= 11 is 0. The van der Waals surface area contributed by atoms with Crippen LogP contribution in [0.2, 0.25) is 0 Å². The number of likely N-dealkylation sites (N-methyl/N-ethyl adjacent to an activating group) is 1. The maximum atomic E-state index is 12.2. The average molecular weight is 375 g/mol. The largest absolute Gasteiger partial charge is 0.348 e. The molecule has 0 saturated carbocycles. The fraction of sp³-hybridized carbons (Fsp3) is 0.588. The zero-order valence-electron chi connectivity index (χ0n) is 14.2. The van der Waals surface area contributed by atoms with Crippen LogP contribution in [0, 0.1) is 0 Å². The first-order valence-electron chi connectivity index (χ1n) is 8.22. The fourth-order valence-electron chi connectivity index (χ4n) is 3.07. The van der Waals surface area contributed by atoms with Gasteiger partial charge in [-0.15, -0.1) is 24.8 Å². The minimum atomic E-state index is 0. The molecule has 0 radical (unpaired) electrons. The molecule has 24 heavy (non-hydrogen) atoms. The van der Waals surface area contributed by atoms with E-state index in [9.17, 15) is 4.79 Å². The second kappa shape index (κ2) is 10.2. The summed E-state index contributed by atoms with van der Waals surface area (Å²) in [5.74, 6) is 0.0415. The molecule has 2 aliphatic heterocycles. The van der Waals surface area contributed by atoms with Crippen molar-refractivity contribution in [3.63, 3.8) is 0 Å². The summed E-state index contributed by atoms with van der Waals surface area (Å²) in [5, 5.41) is 6.35. The van der Waals surface area contributed by atoms with Gasteiger partial charge in [0.05, 0.1) is 0 Å². The maximum absolute atomic E-state index is 12.2. The van der Waals surface area contributed by atoms with Gasteiger partial charge in [-0.1, -0.05) is 12.1 Å². The standard InChI is InChI=1S/C17H26N4O.2ClH/c1-20-8-10-21(11-9-20)13-14-2-4-15(5-3-14)17(22)19-16-6-7-18-12-16;;/h2-5,16,18H,6-13H2,1H3,(H,19,22);2*1H. The Balaban J connectivity index is 0.00000144. The van der Waals surface area contributed by atoms with E-state index in [1.165, 1.54) is 5.56 Å². The monoisotopic (exact) mass is 374 g/mol. The third kappa shape index (κ3) is 5.90. The minimum Gasteiger partial charge on any atom is -0.348 e. The smallest absolute Gasteiger partial charge is 0.251 e. The Hall–Kier alpha value is -0.850. The molecule has 2 heterocycles. The highest BCUT2D eigenvalue weighted by Crippen LogP contribution is 2.10. The van der Waals surface area contributed by atoms with E-state index in [0.29, 0.717) is 0 Å².